The molecule has 0 saturated heterocycles. The quantitative estimate of drug-likeness (QED) is 0.658. The zero-order chi connectivity index (χ0) is 11.0. The zero-order valence-electron chi connectivity index (χ0n) is 9.93. The molecule has 0 aliphatic carbocycles. The molecule has 0 bridgehead atoms. The van der Waals surface area contributed by atoms with Crippen LogP contribution in [0.4, 0.5) is 0 Å². The van der Waals surface area contributed by atoms with Crippen molar-refractivity contribution in [3.63, 3.8) is 0 Å². The summed E-state index contributed by atoms with van der Waals surface area (Å²) in [6.07, 6.45) is 1.77. The number of nitrogens with zero attached hydrogens (tertiary/aromatic N) is 2. The van der Waals surface area contributed by atoms with E-state index in [1.54, 1.807) is 0 Å². The van der Waals surface area contributed by atoms with E-state index in [-0.39, 0.29) is 5.54 Å². The Morgan fingerprint density at radius 2 is 1.93 bits per heavy atom. The van der Waals surface area contributed by atoms with E-state index in [4.69, 9.17) is 5.26 Å². The highest BCUT2D eigenvalue weighted by Gasteiger charge is 2.07. The van der Waals surface area contributed by atoms with Crippen LogP contribution >= 0.6 is 0 Å². The fourth-order valence-corrected chi connectivity index (χ4v) is 1.17. The van der Waals surface area contributed by atoms with Crippen molar-refractivity contribution in [2.75, 3.05) is 26.7 Å². The normalized spacial score (nSPS) is 11.7. The van der Waals surface area contributed by atoms with Gasteiger partial charge in [0.2, 0.25) is 0 Å². The molecule has 0 unspecified atom stereocenters. The van der Waals surface area contributed by atoms with Crippen LogP contribution in [-0.2, 0) is 0 Å². The minimum absolute atomic E-state index is 0.214. The maximum Gasteiger partial charge on any atom is 0.0635 e. The van der Waals surface area contributed by atoms with Crippen molar-refractivity contribution in [1.29, 1.82) is 5.26 Å². The molecule has 0 amide bonds. The van der Waals surface area contributed by atoms with Gasteiger partial charge in [0.05, 0.1) is 6.07 Å². The van der Waals surface area contributed by atoms with Crippen molar-refractivity contribution in [3.05, 3.63) is 0 Å². The van der Waals surface area contributed by atoms with Crippen LogP contribution in [0, 0.1) is 11.3 Å². The molecule has 1 N–H and O–H groups in total. The van der Waals surface area contributed by atoms with Crippen LogP contribution in [0.5, 0.6) is 0 Å². The first kappa shape index (κ1) is 13.4. The highest BCUT2D eigenvalue weighted by atomic mass is 15.1. The second-order valence-corrected chi connectivity index (χ2v) is 4.74. The third-order valence-electron chi connectivity index (χ3n) is 1.98. The van der Waals surface area contributed by atoms with Crippen LogP contribution in [0.2, 0.25) is 0 Å². The number of hydrogen-bond acceptors (Lipinski definition) is 3. The average molecular weight is 197 g/mol. The lowest BCUT2D eigenvalue weighted by Crippen LogP contribution is -2.37. The molecule has 3 nitrogen and oxygen atoms in total. The first-order valence-electron chi connectivity index (χ1n) is 5.26. The van der Waals surface area contributed by atoms with Crippen molar-refractivity contribution >= 4 is 0 Å². The second-order valence-electron chi connectivity index (χ2n) is 4.74. The van der Waals surface area contributed by atoms with Gasteiger partial charge in [0.25, 0.3) is 0 Å². The molecule has 3 heteroatoms. The predicted octanol–water partition coefficient (Wildman–Crippen LogP) is 1.61. The summed E-state index contributed by atoms with van der Waals surface area (Å²) in [5, 5.41) is 11.8. The van der Waals surface area contributed by atoms with Crippen LogP contribution in [0.3, 0.4) is 0 Å². The van der Waals surface area contributed by atoms with Gasteiger partial charge in [-0.3, -0.25) is 0 Å². The molecule has 0 rings (SSSR count). The summed E-state index contributed by atoms with van der Waals surface area (Å²) in [5.41, 5.74) is 0.214. The smallest absolute Gasteiger partial charge is 0.0635 e. The Kier molecular flexibility index (Phi) is 6.52. The van der Waals surface area contributed by atoms with Gasteiger partial charge in [-0.2, -0.15) is 5.26 Å². The molecule has 0 saturated carbocycles. The summed E-state index contributed by atoms with van der Waals surface area (Å²) >= 11 is 0. The molecule has 0 aromatic carbocycles. The zero-order valence-corrected chi connectivity index (χ0v) is 9.93. The standard InChI is InChI=1S/C11H23N3/c1-11(2,3)13-8-6-10-14(4)9-5-7-12/h13H,5-6,8-10H2,1-4H3. The first-order chi connectivity index (χ1) is 6.45. The van der Waals surface area contributed by atoms with E-state index in [0.717, 1.165) is 26.1 Å². The maximum absolute atomic E-state index is 8.40. The molecular formula is C11H23N3. The minimum atomic E-state index is 0.214. The van der Waals surface area contributed by atoms with Crippen molar-refractivity contribution in [1.82, 2.24) is 10.2 Å². The molecule has 0 aromatic heterocycles. The molecule has 82 valence electrons. The van der Waals surface area contributed by atoms with Crippen LogP contribution < -0.4 is 5.32 Å². The van der Waals surface area contributed by atoms with Gasteiger partial charge in [-0.15, -0.1) is 0 Å². The second kappa shape index (κ2) is 6.80. The van der Waals surface area contributed by atoms with Crippen molar-refractivity contribution < 1.29 is 0 Å². The van der Waals surface area contributed by atoms with E-state index >= 15 is 0 Å². The van der Waals surface area contributed by atoms with Gasteiger partial charge in [0.1, 0.15) is 0 Å². The van der Waals surface area contributed by atoms with Gasteiger partial charge in [-0.25, -0.2) is 0 Å². The van der Waals surface area contributed by atoms with Crippen molar-refractivity contribution in [3.8, 4) is 6.07 Å². The summed E-state index contributed by atoms with van der Waals surface area (Å²) < 4.78 is 0. The molecule has 0 fully saturated rings. The van der Waals surface area contributed by atoms with Gasteiger partial charge < -0.3 is 10.2 Å². The van der Waals surface area contributed by atoms with Gasteiger partial charge >= 0.3 is 0 Å². The third kappa shape index (κ3) is 9.50. The molecule has 0 aromatic rings. The van der Waals surface area contributed by atoms with E-state index in [9.17, 15) is 0 Å². The van der Waals surface area contributed by atoms with E-state index in [2.05, 4.69) is 44.1 Å². The van der Waals surface area contributed by atoms with Gasteiger partial charge in [-0.05, 0) is 47.3 Å². The average Bonchev–Trinajstić information content (AvgIpc) is 2.07. The molecule has 0 spiro atoms. The van der Waals surface area contributed by atoms with Gasteiger partial charge in [-0.1, -0.05) is 0 Å². The monoisotopic (exact) mass is 197 g/mol. The molecule has 0 aliphatic rings. The molecule has 0 atom stereocenters. The molecular weight excluding hydrogens is 174 g/mol. The Labute approximate surface area is 88.1 Å². The van der Waals surface area contributed by atoms with E-state index < -0.39 is 0 Å². The fourth-order valence-electron chi connectivity index (χ4n) is 1.17. The molecule has 0 aliphatic heterocycles. The minimum Gasteiger partial charge on any atom is -0.312 e. The number of nitriles is 1. The van der Waals surface area contributed by atoms with E-state index in [1.807, 2.05) is 0 Å². The Balaban J connectivity index is 3.32. The topological polar surface area (TPSA) is 39.1 Å². The van der Waals surface area contributed by atoms with Crippen LogP contribution in [0.25, 0.3) is 0 Å². The SMILES string of the molecule is CN(CCC#N)CCCNC(C)(C)C. The first-order valence-corrected chi connectivity index (χ1v) is 5.26. The highest BCUT2D eigenvalue weighted by molar-refractivity contribution is 4.72. The fraction of sp³-hybridized carbons (Fsp3) is 0.909. The lowest BCUT2D eigenvalue weighted by Gasteiger charge is -2.21. The van der Waals surface area contributed by atoms with Crippen LogP contribution in [-0.4, -0.2) is 37.1 Å². The van der Waals surface area contributed by atoms with Crippen LogP contribution in [0.15, 0.2) is 0 Å². The molecule has 14 heavy (non-hydrogen) atoms. The summed E-state index contributed by atoms with van der Waals surface area (Å²) in [7, 11) is 2.06. The van der Waals surface area contributed by atoms with Crippen molar-refractivity contribution in [2.45, 2.75) is 39.2 Å². The summed E-state index contributed by atoms with van der Waals surface area (Å²) in [5.74, 6) is 0. The molecule has 0 radical (unpaired) electrons. The predicted molar refractivity (Wildman–Crippen MR) is 60.1 cm³/mol. The number of nitrogens with one attached hydrogen (secondary N) is 1. The molecule has 0 heterocycles. The maximum atomic E-state index is 8.40. The Hall–Kier alpha value is -0.590. The lowest BCUT2D eigenvalue weighted by molar-refractivity contribution is 0.322. The Morgan fingerprint density at radius 1 is 1.29 bits per heavy atom. The Bertz CT molecular complexity index is 176. The summed E-state index contributed by atoms with van der Waals surface area (Å²) in [6.45, 7) is 9.50. The van der Waals surface area contributed by atoms with Gasteiger partial charge in [0.15, 0.2) is 0 Å². The van der Waals surface area contributed by atoms with Gasteiger partial charge in [0, 0.05) is 18.5 Å². The number of hydrogen-bond donors (Lipinski definition) is 1. The van der Waals surface area contributed by atoms with E-state index in [0.29, 0.717) is 6.42 Å². The lowest BCUT2D eigenvalue weighted by atomic mass is 10.1. The van der Waals surface area contributed by atoms with Crippen LogP contribution in [0.1, 0.15) is 33.6 Å². The largest absolute Gasteiger partial charge is 0.312 e. The Morgan fingerprint density at radius 3 is 2.43 bits per heavy atom. The highest BCUT2D eigenvalue weighted by Crippen LogP contribution is 1.98. The summed E-state index contributed by atoms with van der Waals surface area (Å²) in [6, 6.07) is 2.16. The summed E-state index contributed by atoms with van der Waals surface area (Å²) in [4.78, 5) is 2.20. The van der Waals surface area contributed by atoms with E-state index in [1.165, 1.54) is 0 Å². The number of rotatable bonds is 6. The third-order valence-corrected chi connectivity index (χ3v) is 1.98. The van der Waals surface area contributed by atoms with Crippen molar-refractivity contribution in [2.24, 2.45) is 0 Å².